The zero-order chi connectivity index (χ0) is 24.6. The average Bonchev–Trinajstić information content (AvgIpc) is 3.39. The molecule has 3 aliphatic heterocycles. The maximum atomic E-state index is 13.4. The second kappa shape index (κ2) is 9.46. The summed E-state index contributed by atoms with van der Waals surface area (Å²) in [5, 5.41) is 0. The van der Waals surface area contributed by atoms with Crippen molar-refractivity contribution in [1.29, 1.82) is 0 Å². The molecule has 9 nitrogen and oxygen atoms in total. The van der Waals surface area contributed by atoms with Gasteiger partial charge in [-0.3, -0.25) is 14.5 Å². The smallest absolute Gasteiger partial charge is 0.293 e. The van der Waals surface area contributed by atoms with Crippen LogP contribution >= 0.6 is 0 Å². The van der Waals surface area contributed by atoms with E-state index in [0.29, 0.717) is 12.4 Å². The van der Waals surface area contributed by atoms with E-state index in [0.717, 1.165) is 74.6 Å². The number of fused-ring (bicyclic) bond motifs is 2. The summed E-state index contributed by atoms with van der Waals surface area (Å²) in [6.45, 7) is 5.50. The molecule has 2 aromatic carbocycles. The number of piperazine rings is 1. The van der Waals surface area contributed by atoms with Gasteiger partial charge in [-0.15, -0.1) is 0 Å². The number of piperidine rings is 1. The molecule has 0 bridgehead atoms. The lowest BCUT2D eigenvalue weighted by atomic mass is 9.96. The third-order valence-corrected chi connectivity index (χ3v) is 7.56. The van der Waals surface area contributed by atoms with E-state index in [-0.39, 0.29) is 24.2 Å². The van der Waals surface area contributed by atoms with Gasteiger partial charge in [0.1, 0.15) is 0 Å². The van der Waals surface area contributed by atoms with Crippen molar-refractivity contribution in [3.63, 3.8) is 0 Å². The molecule has 1 amide bonds. The van der Waals surface area contributed by atoms with Crippen LogP contribution in [-0.2, 0) is 18.4 Å². The summed E-state index contributed by atoms with van der Waals surface area (Å²) in [4.78, 5) is 37.5. The van der Waals surface area contributed by atoms with Crippen molar-refractivity contribution in [2.24, 2.45) is 13.0 Å². The third kappa shape index (κ3) is 4.28. The minimum atomic E-state index is -0.114. The van der Waals surface area contributed by atoms with Crippen LogP contribution in [0.15, 0.2) is 47.3 Å². The number of carbonyl (C=O) groups excluding carboxylic acids is 1. The lowest BCUT2D eigenvalue weighted by Crippen LogP contribution is -2.52. The largest absolute Gasteiger partial charge is 0.454 e. The highest BCUT2D eigenvalue weighted by Gasteiger charge is 2.32. The Bertz CT molecular complexity index is 1350. The fourth-order valence-electron chi connectivity index (χ4n) is 5.52. The number of hydrogen-bond donors (Lipinski definition) is 0. The van der Waals surface area contributed by atoms with Crippen LogP contribution in [0.1, 0.15) is 18.4 Å². The first kappa shape index (κ1) is 22.8. The van der Waals surface area contributed by atoms with Crippen molar-refractivity contribution < 1.29 is 14.3 Å². The number of aromatic nitrogens is 2. The first-order valence-corrected chi connectivity index (χ1v) is 12.7. The minimum Gasteiger partial charge on any atom is -0.454 e. The second-order valence-electron chi connectivity index (χ2n) is 9.86. The first-order chi connectivity index (χ1) is 17.6. The van der Waals surface area contributed by atoms with Gasteiger partial charge in [-0.05, 0) is 42.7 Å². The first-order valence-electron chi connectivity index (χ1n) is 12.7. The van der Waals surface area contributed by atoms with E-state index in [1.807, 2.05) is 46.2 Å². The molecule has 9 heteroatoms. The Morgan fingerprint density at radius 1 is 1.03 bits per heavy atom. The van der Waals surface area contributed by atoms with Gasteiger partial charge in [0.05, 0.1) is 17.0 Å². The molecule has 2 saturated heterocycles. The van der Waals surface area contributed by atoms with Gasteiger partial charge in [0.25, 0.3) is 5.56 Å². The maximum Gasteiger partial charge on any atom is 0.293 e. The summed E-state index contributed by atoms with van der Waals surface area (Å²) < 4.78 is 12.6. The fourth-order valence-corrected chi connectivity index (χ4v) is 5.52. The molecule has 188 valence electrons. The van der Waals surface area contributed by atoms with Gasteiger partial charge in [-0.1, -0.05) is 18.2 Å². The summed E-state index contributed by atoms with van der Waals surface area (Å²) in [5.41, 5.74) is 2.68. The number of amides is 1. The van der Waals surface area contributed by atoms with E-state index in [1.54, 1.807) is 11.6 Å². The quantitative estimate of drug-likeness (QED) is 0.556. The zero-order valence-corrected chi connectivity index (χ0v) is 20.6. The van der Waals surface area contributed by atoms with E-state index in [9.17, 15) is 9.59 Å². The van der Waals surface area contributed by atoms with Gasteiger partial charge in [0.2, 0.25) is 12.7 Å². The number of aryl methyl sites for hydroxylation is 1. The van der Waals surface area contributed by atoms with E-state index in [2.05, 4.69) is 16.0 Å². The molecule has 4 heterocycles. The Labute approximate surface area is 209 Å². The fraction of sp³-hybridized carbons (Fsp3) is 0.444. The van der Waals surface area contributed by atoms with Crippen LogP contribution in [0.2, 0.25) is 0 Å². The van der Waals surface area contributed by atoms with Gasteiger partial charge in [-0.2, -0.15) is 0 Å². The van der Waals surface area contributed by atoms with Crippen molar-refractivity contribution in [3.8, 4) is 11.5 Å². The average molecular weight is 490 g/mol. The monoisotopic (exact) mass is 489 g/mol. The number of carbonyl (C=O) groups is 1. The van der Waals surface area contributed by atoms with Crippen LogP contribution in [0, 0.1) is 5.92 Å². The van der Waals surface area contributed by atoms with E-state index in [4.69, 9.17) is 9.47 Å². The topological polar surface area (TPSA) is 80.1 Å². The summed E-state index contributed by atoms with van der Waals surface area (Å²) in [5.74, 6) is 2.13. The summed E-state index contributed by atoms with van der Waals surface area (Å²) in [6, 6.07) is 13.8. The lowest BCUT2D eigenvalue weighted by Gasteiger charge is -2.39. The van der Waals surface area contributed by atoms with Crippen molar-refractivity contribution in [3.05, 3.63) is 58.4 Å². The molecule has 3 aromatic rings. The number of anilines is 1. The molecule has 1 atom stereocenters. The van der Waals surface area contributed by atoms with E-state index in [1.165, 1.54) is 5.56 Å². The number of ether oxygens (including phenoxy) is 2. The maximum absolute atomic E-state index is 13.4. The molecule has 0 unspecified atom stereocenters. The third-order valence-electron chi connectivity index (χ3n) is 7.56. The number of hydrogen-bond acceptors (Lipinski definition) is 7. The van der Waals surface area contributed by atoms with Crippen molar-refractivity contribution >= 4 is 22.8 Å². The Kier molecular flexibility index (Phi) is 6.00. The molecule has 1 aromatic heterocycles. The molecular formula is C27H31N5O4. The van der Waals surface area contributed by atoms with Gasteiger partial charge >= 0.3 is 0 Å². The van der Waals surface area contributed by atoms with Gasteiger partial charge < -0.3 is 23.8 Å². The standard InChI is InChI=1S/C27H31N5O4/c1-29-22-7-3-2-6-21(22)28-25(27(29)34)32-10-4-5-20(17-32)26(33)31-13-11-30(12-14-31)16-19-8-9-23-24(15-19)36-18-35-23/h2-3,6-9,15,20H,4-5,10-14,16-18H2,1H3/t20-/m1/s1. The predicted octanol–water partition coefficient (Wildman–Crippen LogP) is 2.22. The molecule has 3 aliphatic rings. The Morgan fingerprint density at radius 3 is 2.69 bits per heavy atom. The van der Waals surface area contributed by atoms with E-state index < -0.39 is 0 Å². The van der Waals surface area contributed by atoms with Gasteiger partial charge in [-0.25, -0.2) is 4.98 Å². The van der Waals surface area contributed by atoms with Gasteiger partial charge in [0.15, 0.2) is 17.3 Å². The molecule has 0 radical (unpaired) electrons. The molecule has 36 heavy (non-hydrogen) atoms. The summed E-state index contributed by atoms with van der Waals surface area (Å²) >= 11 is 0. The Balaban J connectivity index is 1.09. The van der Waals surface area contributed by atoms with Crippen LogP contribution in [0.5, 0.6) is 11.5 Å². The Hall–Kier alpha value is -3.59. The van der Waals surface area contributed by atoms with E-state index >= 15 is 0 Å². The number of benzene rings is 2. The number of para-hydroxylation sites is 2. The molecular weight excluding hydrogens is 458 g/mol. The predicted molar refractivity (Wildman–Crippen MR) is 136 cm³/mol. The van der Waals surface area contributed by atoms with Crippen LogP contribution in [0.25, 0.3) is 11.0 Å². The summed E-state index contributed by atoms with van der Waals surface area (Å²) in [6.07, 6.45) is 1.72. The number of rotatable bonds is 4. The molecule has 0 aliphatic carbocycles. The molecule has 0 N–H and O–H groups in total. The highest BCUT2D eigenvalue weighted by atomic mass is 16.7. The highest BCUT2D eigenvalue weighted by molar-refractivity contribution is 5.80. The van der Waals surface area contributed by atoms with Crippen molar-refractivity contribution in [1.82, 2.24) is 19.4 Å². The van der Waals surface area contributed by atoms with Crippen LogP contribution in [0.3, 0.4) is 0 Å². The lowest BCUT2D eigenvalue weighted by molar-refractivity contribution is -0.137. The highest BCUT2D eigenvalue weighted by Crippen LogP contribution is 2.33. The summed E-state index contributed by atoms with van der Waals surface area (Å²) in [7, 11) is 1.78. The second-order valence-corrected chi connectivity index (χ2v) is 9.86. The van der Waals surface area contributed by atoms with Crippen molar-refractivity contribution in [2.75, 3.05) is 51.0 Å². The SMILES string of the molecule is Cn1c(=O)c(N2CCC[C@@H](C(=O)N3CCN(Cc4ccc5c(c4)OCO5)CC3)C2)nc2ccccc21. The normalized spacial score (nSPS) is 20.2. The van der Waals surface area contributed by atoms with Crippen LogP contribution < -0.4 is 19.9 Å². The minimum absolute atomic E-state index is 0.112. The zero-order valence-electron chi connectivity index (χ0n) is 20.6. The van der Waals surface area contributed by atoms with Crippen LogP contribution in [-0.4, -0.2) is 71.3 Å². The van der Waals surface area contributed by atoms with Gasteiger partial charge in [0, 0.05) is 52.9 Å². The molecule has 0 saturated carbocycles. The molecule has 2 fully saturated rings. The Morgan fingerprint density at radius 2 is 1.83 bits per heavy atom. The van der Waals surface area contributed by atoms with Crippen molar-refractivity contribution in [2.45, 2.75) is 19.4 Å². The van der Waals surface area contributed by atoms with Crippen LogP contribution in [0.4, 0.5) is 5.82 Å². The molecule has 6 rings (SSSR count). The number of nitrogens with zero attached hydrogens (tertiary/aromatic N) is 5. The molecule has 0 spiro atoms.